The van der Waals surface area contributed by atoms with Crippen molar-refractivity contribution in [3.05, 3.63) is 78.1 Å². The van der Waals surface area contributed by atoms with E-state index in [9.17, 15) is 0 Å². The minimum atomic E-state index is 0.218. The zero-order chi connectivity index (χ0) is 14.1. The van der Waals surface area contributed by atoms with Gasteiger partial charge >= 0.3 is 0 Å². The molecule has 0 bridgehead atoms. The van der Waals surface area contributed by atoms with E-state index in [0.717, 1.165) is 12.4 Å². The maximum atomic E-state index is 4.39. The Morgan fingerprint density at radius 2 is 1.57 bits per heavy atom. The summed E-state index contributed by atoms with van der Waals surface area (Å²) in [5, 5.41) is 7.87. The van der Waals surface area contributed by atoms with Gasteiger partial charge in [0.2, 0.25) is 5.95 Å². The van der Waals surface area contributed by atoms with E-state index in [1.165, 1.54) is 11.1 Å². The number of fused-ring (bicyclic) bond motifs is 1. The molecule has 1 aromatic heterocycles. The monoisotopic (exact) mass is 276 g/mol. The molecular weight excluding hydrogens is 260 g/mol. The Bertz CT molecular complexity index is 721. The summed E-state index contributed by atoms with van der Waals surface area (Å²) in [4.78, 5) is 4.35. The highest BCUT2D eigenvalue weighted by molar-refractivity contribution is 5.37. The van der Waals surface area contributed by atoms with Crippen molar-refractivity contribution in [2.45, 2.75) is 18.5 Å². The van der Waals surface area contributed by atoms with Crippen LogP contribution in [0.5, 0.6) is 0 Å². The second kappa shape index (κ2) is 5.05. The smallest absolute Gasteiger partial charge is 0.222 e. The Morgan fingerprint density at radius 3 is 2.29 bits per heavy atom. The van der Waals surface area contributed by atoms with Crippen molar-refractivity contribution in [1.29, 1.82) is 0 Å². The van der Waals surface area contributed by atoms with Crippen LogP contribution in [0.3, 0.4) is 0 Å². The highest BCUT2D eigenvalue weighted by Gasteiger charge is 2.29. The molecule has 0 fully saturated rings. The summed E-state index contributed by atoms with van der Waals surface area (Å²) in [5.41, 5.74) is 2.55. The molecule has 4 rings (SSSR count). The van der Waals surface area contributed by atoms with Gasteiger partial charge in [-0.2, -0.15) is 10.1 Å². The van der Waals surface area contributed by atoms with Crippen LogP contribution in [-0.4, -0.2) is 14.8 Å². The lowest BCUT2D eigenvalue weighted by atomic mass is 9.93. The van der Waals surface area contributed by atoms with Gasteiger partial charge in [-0.3, -0.25) is 0 Å². The zero-order valence-corrected chi connectivity index (χ0v) is 11.6. The van der Waals surface area contributed by atoms with E-state index in [4.69, 9.17) is 0 Å². The molecule has 1 aliphatic rings. The number of benzene rings is 2. The summed E-state index contributed by atoms with van der Waals surface area (Å²) in [7, 11) is 0. The molecule has 0 amide bonds. The number of hydrogen-bond donors (Lipinski definition) is 1. The maximum absolute atomic E-state index is 4.39. The molecule has 4 nitrogen and oxygen atoms in total. The molecule has 1 aliphatic heterocycles. The molecule has 3 aromatic rings. The van der Waals surface area contributed by atoms with Crippen LogP contribution in [0, 0.1) is 0 Å². The van der Waals surface area contributed by atoms with Crippen LogP contribution in [0.15, 0.2) is 67.0 Å². The molecule has 1 N–H and O–H groups in total. The van der Waals surface area contributed by atoms with Crippen LogP contribution in [0.4, 0.5) is 5.95 Å². The van der Waals surface area contributed by atoms with E-state index in [0.29, 0.717) is 0 Å². The number of nitrogens with one attached hydrogen (secondary N) is 1. The number of hydrogen-bond acceptors (Lipinski definition) is 3. The van der Waals surface area contributed by atoms with Gasteiger partial charge in [0.25, 0.3) is 0 Å². The Morgan fingerprint density at radius 1 is 0.905 bits per heavy atom. The summed E-state index contributed by atoms with van der Waals surface area (Å²) in [5.74, 6) is 0.837. The first-order chi connectivity index (χ1) is 10.4. The van der Waals surface area contributed by atoms with Crippen molar-refractivity contribution in [3.8, 4) is 0 Å². The highest BCUT2D eigenvalue weighted by Crippen LogP contribution is 2.36. The van der Waals surface area contributed by atoms with Gasteiger partial charge in [-0.15, -0.1) is 0 Å². The van der Waals surface area contributed by atoms with Gasteiger partial charge in [-0.05, 0) is 17.5 Å². The Labute approximate surface area is 123 Å². The van der Waals surface area contributed by atoms with Gasteiger partial charge in [-0.25, -0.2) is 4.68 Å². The molecule has 0 unspecified atom stereocenters. The molecule has 2 heterocycles. The second-order valence-corrected chi connectivity index (χ2v) is 5.30. The minimum Gasteiger partial charge on any atom is -0.348 e. The van der Waals surface area contributed by atoms with Gasteiger partial charge in [0.15, 0.2) is 0 Å². The van der Waals surface area contributed by atoms with E-state index in [1.54, 1.807) is 6.33 Å². The normalized spacial score (nSPS) is 20.6. The van der Waals surface area contributed by atoms with Gasteiger partial charge in [-0.1, -0.05) is 60.7 Å². The quantitative estimate of drug-likeness (QED) is 0.780. The molecule has 21 heavy (non-hydrogen) atoms. The topological polar surface area (TPSA) is 42.7 Å². The van der Waals surface area contributed by atoms with Gasteiger partial charge in [0, 0.05) is 0 Å². The number of anilines is 1. The molecule has 0 saturated carbocycles. The third kappa shape index (κ3) is 2.18. The number of nitrogens with zero attached hydrogens (tertiary/aromatic N) is 3. The molecule has 2 aromatic carbocycles. The predicted octanol–water partition coefficient (Wildman–Crippen LogP) is 3.42. The summed E-state index contributed by atoms with van der Waals surface area (Å²) in [6, 6.07) is 21.5. The number of aromatic nitrogens is 3. The van der Waals surface area contributed by atoms with E-state index in [-0.39, 0.29) is 12.1 Å². The third-order valence-corrected chi connectivity index (χ3v) is 4.02. The molecule has 0 saturated heterocycles. The van der Waals surface area contributed by atoms with Crippen molar-refractivity contribution in [2.24, 2.45) is 0 Å². The fourth-order valence-corrected chi connectivity index (χ4v) is 2.98. The minimum absolute atomic E-state index is 0.218. The fourth-order valence-electron chi connectivity index (χ4n) is 2.98. The van der Waals surface area contributed by atoms with E-state index >= 15 is 0 Å². The standard InChI is InChI=1S/C17H16N4/c1-3-7-13(8-4-1)15-11-16(14-9-5-2-6-10-14)21-17(20-15)18-12-19-21/h1-10,12,15-16H,11H2,(H,18,19,20)/t15-,16+/m0/s1. The predicted molar refractivity (Wildman–Crippen MR) is 82.0 cm³/mol. The first kappa shape index (κ1) is 12.1. The van der Waals surface area contributed by atoms with Crippen molar-refractivity contribution in [1.82, 2.24) is 14.8 Å². The lowest BCUT2D eigenvalue weighted by Crippen LogP contribution is -2.28. The van der Waals surface area contributed by atoms with Crippen LogP contribution in [-0.2, 0) is 0 Å². The molecule has 0 aliphatic carbocycles. The second-order valence-electron chi connectivity index (χ2n) is 5.30. The van der Waals surface area contributed by atoms with Crippen LogP contribution in [0.25, 0.3) is 0 Å². The third-order valence-electron chi connectivity index (χ3n) is 4.02. The van der Waals surface area contributed by atoms with Gasteiger partial charge in [0.1, 0.15) is 6.33 Å². The van der Waals surface area contributed by atoms with Crippen molar-refractivity contribution in [2.75, 3.05) is 5.32 Å². The summed E-state index contributed by atoms with van der Waals surface area (Å²) >= 11 is 0. The summed E-state index contributed by atoms with van der Waals surface area (Å²) < 4.78 is 1.98. The van der Waals surface area contributed by atoms with Crippen molar-refractivity contribution >= 4 is 5.95 Å². The Balaban J connectivity index is 1.74. The zero-order valence-electron chi connectivity index (χ0n) is 11.6. The van der Waals surface area contributed by atoms with E-state index < -0.39 is 0 Å². The average Bonchev–Trinajstić information content (AvgIpc) is 3.04. The lowest BCUT2D eigenvalue weighted by molar-refractivity contribution is 0.431. The van der Waals surface area contributed by atoms with Crippen molar-refractivity contribution in [3.63, 3.8) is 0 Å². The molecule has 104 valence electrons. The molecule has 4 heteroatoms. The van der Waals surface area contributed by atoms with Crippen LogP contribution >= 0.6 is 0 Å². The fraction of sp³-hybridized carbons (Fsp3) is 0.176. The largest absolute Gasteiger partial charge is 0.348 e. The van der Waals surface area contributed by atoms with Gasteiger partial charge < -0.3 is 5.32 Å². The molecular formula is C17H16N4. The van der Waals surface area contributed by atoms with Crippen LogP contribution in [0.2, 0.25) is 0 Å². The molecule has 0 spiro atoms. The average molecular weight is 276 g/mol. The van der Waals surface area contributed by atoms with Crippen molar-refractivity contribution < 1.29 is 0 Å². The van der Waals surface area contributed by atoms with Crippen LogP contribution in [0.1, 0.15) is 29.6 Å². The van der Waals surface area contributed by atoms with E-state index in [1.807, 2.05) is 16.8 Å². The summed E-state index contributed by atoms with van der Waals surface area (Å²) in [6.45, 7) is 0. The Kier molecular flexibility index (Phi) is 2.92. The lowest BCUT2D eigenvalue weighted by Gasteiger charge is -2.31. The SMILES string of the molecule is c1ccc([C@@H]2C[C@H](c3ccccc3)n3ncnc3N2)cc1. The summed E-state index contributed by atoms with van der Waals surface area (Å²) in [6.07, 6.45) is 2.58. The first-order valence-corrected chi connectivity index (χ1v) is 7.18. The van der Waals surface area contributed by atoms with Gasteiger partial charge in [0.05, 0.1) is 12.1 Å². The van der Waals surface area contributed by atoms with E-state index in [2.05, 4.69) is 63.9 Å². The molecule has 2 atom stereocenters. The first-order valence-electron chi connectivity index (χ1n) is 7.18. The van der Waals surface area contributed by atoms with Crippen LogP contribution < -0.4 is 5.32 Å². The number of rotatable bonds is 2. The Hall–Kier alpha value is -2.62. The maximum Gasteiger partial charge on any atom is 0.222 e. The molecule has 0 radical (unpaired) electrons. The highest BCUT2D eigenvalue weighted by atomic mass is 15.4.